The van der Waals surface area contributed by atoms with Crippen molar-refractivity contribution in [2.75, 3.05) is 0 Å². The molecule has 0 radical (unpaired) electrons. The molecule has 0 saturated carbocycles. The summed E-state index contributed by atoms with van der Waals surface area (Å²) in [6.45, 7) is 0. The molecule has 2 aromatic rings. The third kappa shape index (κ3) is 3.55. The van der Waals surface area contributed by atoms with Crippen LogP contribution in [-0.4, -0.2) is 6.08 Å². The molecule has 4 heteroatoms. The zero-order valence-electron chi connectivity index (χ0n) is 9.81. The minimum Gasteiger partial charge on any atom is -0.211 e. The summed E-state index contributed by atoms with van der Waals surface area (Å²) >= 11 is 11.9. The third-order valence-corrected chi connectivity index (χ3v) is 2.98. The van der Waals surface area contributed by atoms with Crippen molar-refractivity contribution in [1.82, 2.24) is 0 Å². The summed E-state index contributed by atoms with van der Waals surface area (Å²) in [6.07, 6.45) is 5.20. The minimum absolute atomic E-state index is 0.323. The van der Waals surface area contributed by atoms with Crippen molar-refractivity contribution in [3.8, 4) is 0 Å². The summed E-state index contributed by atoms with van der Waals surface area (Å²) in [6, 6.07) is 13.0. The molecule has 0 aliphatic rings. The summed E-state index contributed by atoms with van der Waals surface area (Å²) in [5.41, 5.74) is 2.07. The Morgan fingerprint density at radius 3 is 2.47 bits per heavy atom. The molecule has 0 aliphatic carbocycles. The highest BCUT2D eigenvalue weighted by Crippen LogP contribution is 2.33. The van der Waals surface area contributed by atoms with E-state index in [9.17, 15) is 4.79 Å². The molecule has 2 rings (SSSR count). The molecule has 0 spiro atoms. The third-order valence-electron chi connectivity index (χ3n) is 2.47. The number of isocyanates is 1. The lowest BCUT2D eigenvalue weighted by Crippen LogP contribution is -1.78. The highest BCUT2D eigenvalue weighted by atomic mass is 35.5. The van der Waals surface area contributed by atoms with Crippen LogP contribution in [-0.2, 0) is 4.79 Å². The van der Waals surface area contributed by atoms with Crippen molar-refractivity contribution in [2.45, 2.75) is 0 Å². The first-order chi connectivity index (χ1) is 9.20. The second kappa shape index (κ2) is 6.35. The molecule has 0 bridgehead atoms. The van der Waals surface area contributed by atoms with E-state index in [1.54, 1.807) is 12.1 Å². The molecule has 0 unspecified atom stereocenters. The highest BCUT2D eigenvalue weighted by Gasteiger charge is 2.06. The van der Waals surface area contributed by atoms with Gasteiger partial charge >= 0.3 is 0 Å². The Morgan fingerprint density at radius 1 is 1.05 bits per heavy atom. The van der Waals surface area contributed by atoms with Gasteiger partial charge in [-0.25, -0.2) is 4.79 Å². The molecule has 0 amide bonds. The number of hydrogen-bond donors (Lipinski definition) is 0. The Kier molecular flexibility index (Phi) is 4.53. The van der Waals surface area contributed by atoms with Crippen molar-refractivity contribution >= 4 is 47.1 Å². The Bertz CT molecular complexity index is 659. The Labute approximate surface area is 121 Å². The maximum absolute atomic E-state index is 10.4. The van der Waals surface area contributed by atoms with E-state index >= 15 is 0 Å². The average molecular weight is 290 g/mol. The Balaban J connectivity index is 2.44. The van der Waals surface area contributed by atoms with Gasteiger partial charge in [0.2, 0.25) is 6.08 Å². The van der Waals surface area contributed by atoms with Crippen molar-refractivity contribution in [1.29, 1.82) is 0 Å². The van der Waals surface area contributed by atoms with E-state index in [1.807, 2.05) is 42.5 Å². The zero-order valence-corrected chi connectivity index (χ0v) is 11.3. The van der Waals surface area contributed by atoms with Gasteiger partial charge in [-0.05, 0) is 17.7 Å². The number of halogens is 2. The van der Waals surface area contributed by atoms with Gasteiger partial charge in [-0.3, -0.25) is 0 Å². The van der Waals surface area contributed by atoms with Crippen LogP contribution in [0.2, 0.25) is 10.0 Å². The molecule has 0 aliphatic heterocycles. The Hall–Kier alpha value is -1.86. The number of carbonyl (C=O) groups excluding carboxylic acids is 1. The van der Waals surface area contributed by atoms with Gasteiger partial charge in [0.25, 0.3) is 0 Å². The molecule has 2 aromatic carbocycles. The maximum Gasteiger partial charge on any atom is 0.240 e. The molecule has 0 saturated heterocycles. The quantitative estimate of drug-likeness (QED) is 0.437. The van der Waals surface area contributed by atoms with Gasteiger partial charge in [0.15, 0.2) is 0 Å². The first-order valence-electron chi connectivity index (χ1n) is 5.51. The number of rotatable bonds is 3. The van der Waals surface area contributed by atoms with Gasteiger partial charge < -0.3 is 0 Å². The van der Waals surface area contributed by atoms with Gasteiger partial charge in [0.05, 0.1) is 5.02 Å². The summed E-state index contributed by atoms with van der Waals surface area (Å²) in [5.74, 6) is 0. The summed E-state index contributed by atoms with van der Waals surface area (Å²) < 4.78 is 0. The highest BCUT2D eigenvalue weighted by molar-refractivity contribution is 6.36. The normalized spacial score (nSPS) is 10.4. The standard InChI is InChI=1S/C15H9Cl2NO/c16-13-8-12(15(18-10-19)14(17)9-13)7-6-11-4-2-1-3-5-11/h1-9H. The lowest BCUT2D eigenvalue weighted by atomic mass is 10.1. The van der Waals surface area contributed by atoms with E-state index < -0.39 is 0 Å². The van der Waals surface area contributed by atoms with Gasteiger partial charge in [-0.1, -0.05) is 65.7 Å². The zero-order chi connectivity index (χ0) is 13.7. The predicted octanol–water partition coefficient (Wildman–Crippen LogP) is 5.13. The van der Waals surface area contributed by atoms with Gasteiger partial charge in [-0.15, -0.1) is 0 Å². The van der Waals surface area contributed by atoms with E-state index in [2.05, 4.69) is 4.99 Å². The molecular weight excluding hydrogens is 281 g/mol. The van der Waals surface area contributed by atoms with Crippen LogP contribution in [0.4, 0.5) is 5.69 Å². The lowest BCUT2D eigenvalue weighted by molar-refractivity contribution is 0.565. The molecule has 0 N–H and O–H groups in total. The van der Waals surface area contributed by atoms with E-state index in [0.29, 0.717) is 21.3 Å². The summed E-state index contributed by atoms with van der Waals surface area (Å²) in [7, 11) is 0. The molecule has 19 heavy (non-hydrogen) atoms. The van der Waals surface area contributed by atoms with Crippen LogP contribution < -0.4 is 0 Å². The van der Waals surface area contributed by atoms with E-state index in [0.717, 1.165) is 5.56 Å². The maximum atomic E-state index is 10.4. The second-order valence-corrected chi connectivity index (χ2v) is 4.62. The SMILES string of the molecule is O=C=Nc1c(Cl)cc(Cl)cc1C=Cc1ccccc1. The molecule has 94 valence electrons. The van der Waals surface area contributed by atoms with Crippen LogP contribution in [0.5, 0.6) is 0 Å². The van der Waals surface area contributed by atoms with Crippen LogP contribution in [0.3, 0.4) is 0 Å². The van der Waals surface area contributed by atoms with Gasteiger partial charge in [0, 0.05) is 10.6 Å². The fraction of sp³-hybridized carbons (Fsp3) is 0. The average Bonchev–Trinajstić information content (AvgIpc) is 2.41. The molecule has 2 nitrogen and oxygen atoms in total. The number of aliphatic imine (C=N–C) groups is 1. The van der Waals surface area contributed by atoms with Crippen molar-refractivity contribution in [2.24, 2.45) is 4.99 Å². The fourth-order valence-corrected chi connectivity index (χ4v) is 2.18. The summed E-state index contributed by atoms with van der Waals surface area (Å²) in [4.78, 5) is 14.0. The smallest absolute Gasteiger partial charge is 0.211 e. The van der Waals surface area contributed by atoms with Crippen molar-refractivity contribution in [3.05, 3.63) is 63.6 Å². The predicted molar refractivity (Wildman–Crippen MR) is 79.6 cm³/mol. The fourth-order valence-electron chi connectivity index (χ4n) is 1.63. The molecular formula is C15H9Cl2NO. The lowest BCUT2D eigenvalue weighted by Gasteiger charge is -2.03. The first kappa shape index (κ1) is 13.6. The van der Waals surface area contributed by atoms with Crippen LogP contribution in [0.15, 0.2) is 47.5 Å². The van der Waals surface area contributed by atoms with Crippen LogP contribution in [0.25, 0.3) is 12.2 Å². The second-order valence-electron chi connectivity index (χ2n) is 3.77. The van der Waals surface area contributed by atoms with Crippen molar-refractivity contribution in [3.63, 3.8) is 0 Å². The largest absolute Gasteiger partial charge is 0.240 e. The first-order valence-corrected chi connectivity index (χ1v) is 6.26. The van der Waals surface area contributed by atoms with Gasteiger partial charge in [-0.2, -0.15) is 4.99 Å². The molecule has 0 fully saturated rings. The number of hydrogen-bond acceptors (Lipinski definition) is 2. The Morgan fingerprint density at radius 2 is 1.79 bits per heavy atom. The van der Waals surface area contributed by atoms with Crippen LogP contribution in [0.1, 0.15) is 11.1 Å². The topological polar surface area (TPSA) is 29.4 Å². The number of benzene rings is 2. The van der Waals surface area contributed by atoms with E-state index in [1.165, 1.54) is 6.08 Å². The molecule has 0 heterocycles. The molecule has 0 aromatic heterocycles. The number of nitrogens with zero attached hydrogens (tertiary/aromatic N) is 1. The van der Waals surface area contributed by atoms with Crippen molar-refractivity contribution < 1.29 is 4.79 Å². The van der Waals surface area contributed by atoms with Crippen LogP contribution >= 0.6 is 23.2 Å². The van der Waals surface area contributed by atoms with Crippen LogP contribution in [0, 0.1) is 0 Å². The van der Waals surface area contributed by atoms with Gasteiger partial charge in [0.1, 0.15) is 5.69 Å². The summed E-state index contributed by atoms with van der Waals surface area (Å²) in [5, 5.41) is 0.811. The molecule has 0 atom stereocenters. The monoisotopic (exact) mass is 289 g/mol. The van der Waals surface area contributed by atoms with E-state index in [4.69, 9.17) is 23.2 Å². The van der Waals surface area contributed by atoms with E-state index in [-0.39, 0.29) is 0 Å². The minimum atomic E-state index is 0.323.